The lowest BCUT2D eigenvalue weighted by atomic mass is 9.77. The molecule has 1 N–H and O–H groups in total. The van der Waals surface area contributed by atoms with E-state index in [0.29, 0.717) is 0 Å². The highest BCUT2D eigenvalue weighted by atomic mass is 15.1. The number of hydrogen-bond acceptors (Lipinski definition) is 2. The molecule has 0 spiro atoms. The summed E-state index contributed by atoms with van der Waals surface area (Å²) in [7, 11) is 0. The zero-order valence-electron chi connectivity index (χ0n) is 15.2. The number of hydrogen-bond donors (Lipinski definition) is 1. The fourth-order valence-electron chi connectivity index (χ4n) is 3.85. The van der Waals surface area contributed by atoms with E-state index >= 15 is 0 Å². The molecule has 1 rings (SSSR count). The summed E-state index contributed by atoms with van der Waals surface area (Å²) in [5.41, 5.74) is 0. The fraction of sp³-hybridized carbons (Fsp3) is 1.00. The van der Waals surface area contributed by atoms with Crippen LogP contribution in [-0.2, 0) is 0 Å². The van der Waals surface area contributed by atoms with E-state index in [1.54, 1.807) is 0 Å². The maximum atomic E-state index is 3.46. The highest BCUT2D eigenvalue weighted by Gasteiger charge is 2.22. The molecule has 0 unspecified atom stereocenters. The van der Waals surface area contributed by atoms with Gasteiger partial charge in [0.15, 0.2) is 0 Å². The lowest BCUT2D eigenvalue weighted by molar-refractivity contribution is 0.200. The zero-order chi connectivity index (χ0) is 15.5. The Morgan fingerprint density at radius 1 is 0.952 bits per heavy atom. The zero-order valence-corrected chi connectivity index (χ0v) is 15.2. The van der Waals surface area contributed by atoms with Crippen LogP contribution in [0, 0.1) is 17.8 Å². The van der Waals surface area contributed by atoms with Crippen LogP contribution in [0.3, 0.4) is 0 Å². The quantitative estimate of drug-likeness (QED) is 0.563. The Kier molecular flexibility index (Phi) is 10.4. The summed E-state index contributed by atoms with van der Waals surface area (Å²) in [5, 5.41) is 3.46. The van der Waals surface area contributed by atoms with E-state index in [4.69, 9.17) is 0 Å². The molecular weight excluding hydrogens is 256 g/mol. The molecule has 0 atom stereocenters. The summed E-state index contributed by atoms with van der Waals surface area (Å²) in [6, 6.07) is 0. The van der Waals surface area contributed by atoms with E-state index in [0.717, 1.165) is 30.8 Å². The molecule has 0 aromatic carbocycles. The van der Waals surface area contributed by atoms with Gasteiger partial charge in [-0.05, 0) is 56.7 Å². The smallest absolute Gasteiger partial charge is 0.0107 e. The molecule has 0 radical (unpaired) electrons. The normalized spacial score (nSPS) is 23.1. The Balaban J connectivity index is 2.17. The number of rotatable bonds is 11. The van der Waals surface area contributed by atoms with Gasteiger partial charge in [0.05, 0.1) is 0 Å². The summed E-state index contributed by atoms with van der Waals surface area (Å²) in [6.07, 6.45) is 10.1. The van der Waals surface area contributed by atoms with Gasteiger partial charge in [0.1, 0.15) is 0 Å². The first-order valence-electron chi connectivity index (χ1n) is 9.58. The van der Waals surface area contributed by atoms with Gasteiger partial charge in [-0.25, -0.2) is 0 Å². The molecular formula is C19H40N2. The van der Waals surface area contributed by atoms with E-state index in [1.807, 2.05) is 0 Å². The van der Waals surface area contributed by atoms with Crippen LogP contribution < -0.4 is 5.32 Å². The SMILES string of the molecule is CCCN(CCNCC)CCC1CCC(CC(C)C)CC1. The number of nitrogens with one attached hydrogen (secondary N) is 1. The standard InChI is InChI=1S/C19H40N2/c1-5-13-21(15-12-20-6-2)14-11-18-7-9-19(10-8-18)16-17(3)4/h17-20H,5-16H2,1-4H3. The molecule has 1 aliphatic rings. The van der Waals surface area contributed by atoms with Crippen LogP contribution in [0.2, 0.25) is 0 Å². The summed E-state index contributed by atoms with van der Waals surface area (Å²) >= 11 is 0. The summed E-state index contributed by atoms with van der Waals surface area (Å²) in [4.78, 5) is 2.67. The predicted molar refractivity (Wildman–Crippen MR) is 94.8 cm³/mol. The maximum Gasteiger partial charge on any atom is 0.0107 e. The lowest BCUT2D eigenvalue weighted by Gasteiger charge is -2.31. The highest BCUT2D eigenvalue weighted by Crippen LogP contribution is 2.34. The van der Waals surface area contributed by atoms with Crippen LogP contribution in [0.1, 0.15) is 72.6 Å². The number of likely N-dealkylation sites (N-methyl/N-ethyl adjacent to an activating group) is 1. The molecule has 0 amide bonds. The minimum atomic E-state index is 0.887. The summed E-state index contributed by atoms with van der Waals surface area (Å²) in [5.74, 6) is 2.92. The molecule has 0 heterocycles. The van der Waals surface area contributed by atoms with Crippen molar-refractivity contribution in [3.63, 3.8) is 0 Å². The molecule has 1 aliphatic carbocycles. The minimum absolute atomic E-state index is 0.887. The molecule has 2 nitrogen and oxygen atoms in total. The van der Waals surface area contributed by atoms with Gasteiger partial charge in [-0.3, -0.25) is 0 Å². The predicted octanol–water partition coefficient (Wildman–Crippen LogP) is 4.55. The van der Waals surface area contributed by atoms with E-state index in [-0.39, 0.29) is 0 Å². The Bertz CT molecular complexity index is 232. The van der Waals surface area contributed by atoms with Gasteiger partial charge >= 0.3 is 0 Å². The van der Waals surface area contributed by atoms with Crippen molar-refractivity contribution in [3.8, 4) is 0 Å². The first kappa shape index (κ1) is 19.0. The molecule has 0 bridgehead atoms. The summed E-state index contributed by atoms with van der Waals surface area (Å²) < 4.78 is 0. The maximum absolute atomic E-state index is 3.46. The topological polar surface area (TPSA) is 15.3 Å². The van der Waals surface area contributed by atoms with Crippen molar-refractivity contribution in [1.82, 2.24) is 10.2 Å². The molecule has 126 valence electrons. The van der Waals surface area contributed by atoms with Gasteiger partial charge in [-0.15, -0.1) is 0 Å². The van der Waals surface area contributed by atoms with Crippen molar-refractivity contribution in [3.05, 3.63) is 0 Å². The van der Waals surface area contributed by atoms with Gasteiger partial charge in [-0.1, -0.05) is 53.4 Å². The molecule has 0 aromatic rings. The number of nitrogens with zero attached hydrogens (tertiary/aromatic N) is 1. The van der Waals surface area contributed by atoms with Crippen molar-refractivity contribution < 1.29 is 0 Å². The third-order valence-electron chi connectivity index (χ3n) is 5.02. The third-order valence-corrected chi connectivity index (χ3v) is 5.02. The first-order chi connectivity index (χ1) is 10.2. The van der Waals surface area contributed by atoms with Crippen LogP contribution in [0.15, 0.2) is 0 Å². The fourth-order valence-corrected chi connectivity index (χ4v) is 3.85. The molecule has 21 heavy (non-hydrogen) atoms. The van der Waals surface area contributed by atoms with Crippen LogP contribution in [0.5, 0.6) is 0 Å². The third kappa shape index (κ3) is 8.83. The monoisotopic (exact) mass is 296 g/mol. The van der Waals surface area contributed by atoms with Crippen molar-refractivity contribution in [2.24, 2.45) is 17.8 Å². The Hall–Kier alpha value is -0.0800. The van der Waals surface area contributed by atoms with Crippen molar-refractivity contribution in [1.29, 1.82) is 0 Å². The molecule has 2 heteroatoms. The van der Waals surface area contributed by atoms with Gasteiger partial charge in [0.25, 0.3) is 0 Å². The van der Waals surface area contributed by atoms with Crippen LogP contribution in [0.25, 0.3) is 0 Å². The molecule has 0 aromatic heterocycles. The van der Waals surface area contributed by atoms with Gasteiger partial charge in [0.2, 0.25) is 0 Å². The van der Waals surface area contributed by atoms with Crippen LogP contribution >= 0.6 is 0 Å². The Morgan fingerprint density at radius 2 is 1.62 bits per heavy atom. The van der Waals surface area contributed by atoms with Crippen molar-refractivity contribution in [2.75, 3.05) is 32.7 Å². The van der Waals surface area contributed by atoms with E-state index in [2.05, 4.69) is 37.9 Å². The highest BCUT2D eigenvalue weighted by molar-refractivity contribution is 4.74. The van der Waals surface area contributed by atoms with Crippen LogP contribution in [0.4, 0.5) is 0 Å². The summed E-state index contributed by atoms with van der Waals surface area (Å²) in [6.45, 7) is 15.3. The van der Waals surface area contributed by atoms with E-state index < -0.39 is 0 Å². The second-order valence-electron chi connectivity index (χ2n) is 7.50. The lowest BCUT2D eigenvalue weighted by Crippen LogP contribution is -2.34. The average Bonchev–Trinajstić information content (AvgIpc) is 2.46. The van der Waals surface area contributed by atoms with E-state index in [9.17, 15) is 0 Å². The van der Waals surface area contributed by atoms with Gasteiger partial charge < -0.3 is 10.2 Å². The van der Waals surface area contributed by atoms with Crippen LogP contribution in [-0.4, -0.2) is 37.6 Å². The van der Waals surface area contributed by atoms with Gasteiger partial charge in [-0.2, -0.15) is 0 Å². The van der Waals surface area contributed by atoms with Crippen molar-refractivity contribution in [2.45, 2.75) is 72.6 Å². The second-order valence-corrected chi connectivity index (χ2v) is 7.50. The minimum Gasteiger partial charge on any atom is -0.316 e. The average molecular weight is 297 g/mol. The molecule has 0 aliphatic heterocycles. The largest absolute Gasteiger partial charge is 0.316 e. The Labute approximate surface area is 134 Å². The molecule has 1 saturated carbocycles. The van der Waals surface area contributed by atoms with Gasteiger partial charge in [0, 0.05) is 13.1 Å². The van der Waals surface area contributed by atoms with Crippen molar-refractivity contribution >= 4 is 0 Å². The molecule has 1 fully saturated rings. The Morgan fingerprint density at radius 3 is 2.19 bits per heavy atom. The van der Waals surface area contributed by atoms with E-state index in [1.165, 1.54) is 64.6 Å². The first-order valence-corrected chi connectivity index (χ1v) is 9.58. The molecule has 0 saturated heterocycles. The second kappa shape index (κ2) is 11.5.